The first-order valence-electron chi connectivity index (χ1n) is 13.5. The van der Waals surface area contributed by atoms with Crippen molar-refractivity contribution in [2.45, 2.75) is 37.1 Å². The zero-order valence-corrected chi connectivity index (χ0v) is 23.2. The van der Waals surface area contributed by atoms with Gasteiger partial charge in [-0.05, 0) is 61.6 Å². The smallest absolute Gasteiger partial charge is 0.297 e. The Morgan fingerprint density at radius 2 is 1.68 bits per heavy atom. The monoisotopic (exact) mass is 553 g/mol. The topological polar surface area (TPSA) is 90.2 Å². The molecule has 40 heavy (non-hydrogen) atoms. The first-order chi connectivity index (χ1) is 19.5. The molecule has 0 saturated carbocycles. The summed E-state index contributed by atoms with van der Waals surface area (Å²) < 4.78 is 33.3. The maximum Gasteiger partial charge on any atom is 0.297 e. The van der Waals surface area contributed by atoms with Gasteiger partial charge in [0.15, 0.2) is 0 Å². The van der Waals surface area contributed by atoms with Crippen LogP contribution >= 0.6 is 0 Å². The number of aryl methyl sites for hydroxylation is 1. The normalized spacial score (nSPS) is 14.6. The van der Waals surface area contributed by atoms with Crippen LogP contribution in [-0.4, -0.2) is 47.9 Å². The van der Waals surface area contributed by atoms with E-state index in [9.17, 15) is 8.42 Å². The number of nitrogens with zero attached hydrogens (tertiary/aromatic N) is 5. The number of piperidine rings is 1. The predicted octanol–water partition coefficient (Wildman–Crippen LogP) is 5.59. The van der Waals surface area contributed by atoms with Crippen molar-refractivity contribution < 1.29 is 12.6 Å². The average Bonchev–Trinajstić information content (AvgIpc) is 3.48. The minimum absolute atomic E-state index is 0.109. The highest BCUT2D eigenvalue weighted by molar-refractivity contribution is 7.86. The third-order valence-corrected chi connectivity index (χ3v) is 8.77. The maximum atomic E-state index is 12.9. The number of aromatic nitrogens is 4. The molecule has 0 aliphatic carbocycles. The number of fused-ring (bicyclic) bond motifs is 1. The van der Waals surface area contributed by atoms with Gasteiger partial charge < -0.3 is 4.90 Å². The highest BCUT2D eigenvalue weighted by Gasteiger charge is 2.24. The van der Waals surface area contributed by atoms with E-state index < -0.39 is 10.1 Å². The van der Waals surface area contributed by atoms with Crippen molar-refractivity contribution >= 4 is 26.8 Å². The van der Waals surface area contributed by atoms with Crippen LogP contribution in [0, 0.1) is 6.92 Å². The second-order valence-corrected chi connectivity index (χ2v) is 11.7. The molecule has 6 rings (SSSR count). The molecular weight excluding hydrogens is 522 g/mol. The summed E-state index contributed by atoms with van der Waals surface area (Å²) in [5.74, 6) is 0. The molecule has 5 aromatic rings. The van der Waals surface area contributed by atoms with Gasteiger partial charge in [0.1, 0.15) is 0 Å². The lowest BCUT2D eigenvalue weighted by Crippen LogP contribution is -2.35. The van der Waals surface area contributed by atoms with Crippen LogP contribution in [0.1, 0.15) is 30.0 Å². The van der Waals surface area contributed by atoms with Gasteiger partial charge in [-0.3, -0.25) is 13.8 Å². The number of anilines is 1. The Kier molecular flexibility index (Phi) is 7.32. The molecule has 8 nitrogen and oxygen atoms in total. The molecule has 0 unspecified atom stereocenters. The summed E-state index contributed by atoms with van der Waals surface area (Å²) in [6.45, 7) is 3.72. The van der Waals surface area contributed by atoms with Gasteiger partial charge in [-0.25, -0.2) is 4.98 Å². The highest BCUT2D eigenvalue weighted by Crippen LogP contribution is 2.31. The van der Waals surface area contributed by atoms with Gasteiger partial charge in [0.2, 0.25) is 0 Å². The molecule has 1 aliphatic rings. The van der Waals surface area contributed by atoms with Gasteiger partial charge in [-0.2, -0.15) is 13.5 Å². The molecule has 9 heteroatoms. The Bertz CT molecular complexity index is 1730. The lowest BCUT2D eigenvalue weighted by atomic mass is 10.0. The fourth-order valence-electron chi connectivity index (χ4n) is 5.20. The first-order valence-corrected chi connectivity index (χ1v) is 14.9. The van der Waals surface area contributed by atoms with E-state index in [1.54, 1.807) is 18.3 Å². The van der Waals surface area contributed by atoms with Crippen molar-refractivity contribution in [3.8, 4) is 11.3 Å². The molecule has 204 valence electrons. The molecule has 0 N–H and O–H groups in total. The van der Waals surface area contributed by atoms with E-state index in [1.165, 1.54) is 0 Å². The Balaban J connectivity index is 1.10. The van der Waals surface area contributed by atoms with E-state index in [2.05, 4.69) is 15.0 Å². The Morgan fingerprint density at radius 1 is 0.925 bits per heavy atom. The number of hydrogen-bond donors (Lipinski definition) is 0. The zero-order chi connectivity index (χ0) is 27.5. The van der Waals surface area contributed by atoms with Gasteiger partial charge >= 0.3 is 0 Å². The fourth-order valence-corrected chi connectivity index (χ4v) is 6.13. The molecular formula is C31H31N5O3S. The standard InChI is InChI=1S/C31H31N5O3S/c1-23-11-12-27(40(37,38)39-18-15-24-7-3-2-4-8-24)19-31(23)35-16-13-26(14-17-35)36-22-25(20-33-36)30-21-32-28-9-5-6-10-29(28)34-30/h2-12,19-22,26H,13-18H2,1H3. The largest absolute Gasteiger partial charge is 0.371 e. The minimum Gasteiger partial charge on any atom is -0.371 e. The van der Waals surface area contributed by atoms with Gasteiger partial charge in [0, 0.05) is 30.5 Å². The van der Waals surface area contributed by atoms with Crippen LogP contribution < -0.4 is 4.90 Å². The zero-order valence-electron chi connectivity index (χ0n) is 22.3. The Morgan fingerprint density at radius 3 is 2.48 bits per heavy atom. The van der Waals surface area contributed by atoms with Crippen molar-refractivity contribution in [1.29, 1.82) is 0 Å². The first kappa shape index (κ1) is 26.2. The lowest BCUT2D eigenvalue weighted by molar-refractivity contribution is 0.322. The van der Waals surface area contributed by atoms with E-state index in [0.29, 0.717) is 6.42 Å². The Labute approximate surface area is 234 Å². The van der Waals surface area contributed by atoms with Crippen LogP contribution in [0.15, 0.2) is 96.3 Å². The van der Waals surface area contributed by atoms with Crippen LogP contribution in [0.3, 0.4) is 0 Å². The van der Waals surface area contributed by atoms with Crippen LogP contribution in [0.5, 0.6) is 0 Å². The van der Waals surface area contributed by atoms with Crippen molar-refractivity contribution in [1.82, 2.24) is 19.7 Å². The molecule has 3 heterocycles. The molecule has 1 fully saturated rings. The van der Waals surface area contributed by atoms with Gasteiger partial charge in [0.25, 0.3) is 10.1 Å². The summed E-state index contributed by atoms with van der Waals surface area (Å²) in [5.41, 5.74) is 6.50. The number of hydrogen-bond acceptors (Lipinski definition) is 7. The van der Waals surface area contributed by atoms with Crippen LogP contribution in [-0.2, 0) is 20.7 Å². The van der Waals surface area contributed by atoms with Gasteiger partial charge in [-0.1, -0.05) is 48.5 Å². The van der Waals surface area contributed by atoms with E-state index in [-0.39, 0.29) is 17.5 Å². The molecule has 2 aromatic heterocycles. The predicted molar refractivity (Wildman–Crippen MR) is 156 cm³/mol. The summed E-state index contributed by atoms with van der Waals surface area (Å²) in [7, 11) is -3.85. The molecule has 1 saturated heterocycles. The highest BCUT2D eigenvalue weighted by atomic mass is 32.2. The SMILES string of the molecule is Cc1ccc(S(=O)(=O)OCCc2ccccc2)cc1N1CCC(n2cc(-c3cnc4ccccc4n3)cn2)CC1. The summed E-state index contributed by atoms with van der Waals surface area (Å²) >= 11 is 0. The summed E-state index contributed by atoms with van der Waals surface area (Å²) in [6.07, 6.45) is 8.02. The summed E-state index contributed by atoms with van der Waals surface area (Å²) in [4.78, 5) is 11.7. The second kappa shape index (κ2) is 11.2. The number of benzene rings is 3. The number of rotatable bonds is 8. The quantitative estimate of drug-likeness (QED) is 0.231. The molecule has 3 aromatic carbocycles. The van der Waals surface area contributed by atoms with Crippen molar-refractivity contribution in [3.63, 3.8) is 0 Å². The lowest BCUT2D eigenvalue weighted by Gasteiger charge is -2.34. The minimum atomic E-state index is -3.85. The van der Waals surface area contributed by atoms with E-state index in [0.717, 1.165) is 65.0 Å². The molecule has 0 amide bonds. The van der Waals surface area contributed by atoms with E-state index in [1.807, 2.05) is 84.7 Å². The van der Waals surface area contributed by atoms with E-state index in [4.69, 9.17) is 9.17 Å². The fraction of sp³-hybridized carbons (Fsp3) is 0.258. The number of para-hydroxylation sites is 2. The van der Waals surface area contributed by atoms with Crippen LogP contribution in [0.2, 0.25) is 0 Å². The third-order valence-electron chi connectivity index (χ3n) is 7.47. The second-order valence-electron chi connectivity index (χ2n) is 10.1. The molecule has 0 radical (unpaired) electrons. The summed E-state index contributed by atoms with van der Waals surface area (Å²) in [6, 6.07) is 23.1. The third kappa shape index (κ3) is 5.61. The molecule has 0 bridgehead atoms. The molecule has 0 atom stereocenters. The van der Waals surface area contributed by atoms with Gasteiger partial charge in [0.05, 0.1) is 46.7 Å². The van der Waals surface area contributed by atoms with Crippen LogP contribution in [0.25, 0.3) is 22.3 Å². The average molecular weight is 554 g/mol. The van der Waals surface area contributed by atoms with Gasteiger partial charge in [-0.15, -0.1) is 0 Å². The van der Waals surface area contributed by atoms with Crippen molar-refractivity contribution in [3.05, 3.63) is 103 Å². The van der Waals surface area contributed by atoms with E-state index >= 15 is 0 Å². The molecule has 0 spiro atoms. The summed E-state index contributed by atoms with van der Waals surface area (Å²) in [5, 5.41) is 4.64. The maximum absolute atomic E-state index is 12.9. The van der Waals surface area contributed by atoms with Crippen molar-refractivity contribution in [2.24, 2.45) is 0 Å². The molecule has 1 aliphatic heterocycles. The van der Waals surface area contributed by atoms with Crippen LogP contribution in [0.4, 0.5) is 5.69 Å². The Hall–Kier alpha value is -4.08. The van der Waals surface area contributed by atoms with Crippen molar-refractivity contribution in [2.75, 3.05) is 24.6 Å².